The molecule has 12 aromatic rings. The van der Waals surface area contributed by atoms with Crippen molar-refractivity contribution in [1.29, 1.82) is 0 Å². The van der Waals surface area contributed by atoms with Crippen molar-refractivity contribution >= 4 is 119 Å². The van der Waals surface area contributed by atoms with Gasteiger partial charge in [-0.2, -0.15) is 0 Å². The summed E-state index contributed by atoms with van der Waals surface area (Å²) in [6.45, 7) is 31.3. The van der Waals surface area contributed by atoms with Crippen LogP contribution >= 0.6 is 56.7 Å². The molecule has 12 heteroatoms. The van der Waals surface area contributed by atoms with Crippen LogP contribution in [-0.4, -0.2) is 13.7 Å². The molecule has 0 amide bonds. The first-order valence-corrected chi connectivity index (χ1v) is 43.8. The lowest BCUT2D eigenvalue weighted by atomic mass is 9.48. The van der Waals surface area contributed by atoms with Crippen LogP contribution in [0.1, 0.15) is 246 Å². The van der Waals surface area contributed by atoms with Crippen LogP contribution in [0.4, 0.5) is 22.7 Å². The molecule has 0 N–H and O–H groups in total. The number of benzene rings is 4. The zero-order valence-electron chi connectivity index (χ0n) is 64.5. The number of aromatic nitrogens is 3. The first-order chi connectivity index (χ1) is 50.0. The van der Waals surface area contributed by atoms with Crippen molar-refractivity contribution in [3.63, 3.8) is 0 Å². The van der Waals surface area contributed by atoms with E-state index in [4.69, 9.17) is 0 Å². The van der Waals surface area contributed by atoms with Gasteiger partial charge in [-0.3, -0.25) is 0 Å². The van der Waals surface area contributed by atoms with Crippen molar-refractivity contribution in [2.75, 3.05) is 19.6 Å². The second kappa shape index (κ2) is 24.0. The summed E-state index contributed by atoms with van der Waals surface area (Å²) in [7, 11) is 6.63. The summed E-state index contributed by atoms with van der Waals surface area (Å²) in [6, 6.07) is 45.0. The van der Waals surface area contributed by atoms with Crippen molar-refractivity contribution in [3.05, 3.63) is 209 Å². The lowest BCUT2D eigenvalue weighted by Gasteiger charge is -2.63. The smallest absolute Gasteiger partial charge is 0.0813 e. The number of para-hydroxylation sites is 4. The van der Waals surface area contributed by atoms with Crippen molar-refractivity contribution in [2.24, 2.45) is 50.2 Å². The van der Waals surface area contributed by atoms with E-state index in [1.807, 2.05) is 34.0 Å². The molecule has 5 unspecified atom stereocenters. The molecule has 13 heterocycles. The zero-order chi connectivity index (χ0) is 71.8. The Morgan fingerprint density at radius 2 is 0.788 bits per heavy atom. The van der Waals surface area contributed by atoms with Crippen LogP contribution in [0.3, 0.4) is 0 Å². The van der Waals surface area contributed by atoms with Gasteiger partial charge in [-0.05, 0) is 225 Å². The number of rotatable bonds is 3. The van der Waals surface area contributed by atoms with E-state index in [-0.39, 0.29) is 33.0 Å². The number of nitrogens with zero attached hydrogens (tertiary/aromatic N) is 7. The molecule has 23 rings (SSSR count). The standard InChI is InChI=1S/C26H30N2S.C23H27NS2.C22H26N2S.C21H24N2S/c1-15-6-4-5-7-21(15)28-16(2)23-24-22(8-9-27(24)3)29-25(23)26(28)19-11-17-10-18(13-19)14-20(26)12-17;1-13-9-8-10-15-18(13)24-14(2)17-19-16(11-12-25-19)26-20(17)23(24,7)22(5,6)21(15,3)4;1-15-9-5-6-10-17(15)24-16(2)19-20-18(11-14-23(20)3)25-21(19)22(24)12-7-4-8-13-22;1-14-8-4-5-9-16(14)23-15(2)18-19-17(10-13-22(19)3)24-20(18)21(23)11-6-7-12-21/h4-9,16-20H,10-14H2,1-3H3;8-12,14H,1-7H3;5-6,9-11,14,16H,4,7-8,12-13H2,1-3H3;4-5,8-10,13,15H,6-7,11-12H2,1-3H3. The second-order valence-corrected chi connectivity index (χ2v) is 40.3. The molecule has 540 valence electrons. The molecule has 4 bridgehead atoms. The summed E-state index contributed by atoms with van der Waals surface area (Å²) in [6.07, 6.45) is 26.0. The quantitative estimate of drug-likeness (QED) is 0.176. The van der Waals surface area contributed by atoms with Gasteiger partial charge in [0.25, 0.3) is 0 Å². The van der Waals surface area contributed by atoms with E-state index in [1.54, 1.807) is 41.8 Å². The fourth-order valence-electron chi connectivity index (χ4n) is 24.6. The fraction of sp³-hybridized carbons (Fsp3) is 0.478. The fourth-order valence-corrected chi connectivity index (χ4v) is 32.3. The Kier molecular flexibility index (Phi) is 15.7. The Labute approximate surface area is 638 Å². The SMILES string of the molecule is Cc1cccc2c1N1C(C)c3c(sc4ccsc34)C1(C)C(C)(C)C2(C)C.Cc1ccccc1N1C(C)c2c(sc3ccn(C)c23)C12C1CC3CC(C1)CC2C3.Cc1ccccc1N1C(C)c2c(sc3ccn(C)c23)C12CCCC2.Cc1ccccc1N1C(C)c2c(sc3ccn(C)c23)C12CCCCC2. The molecule has 11 aliphatic rings. The minimum atomic E-state index is 0.00771. The van der Waals surface area contributed by atoms with Crippen molar-refractivity contribution in [1.82, 2.24) is 13.7 Å². The normalized spacial score (nSPS) is 27.8. The van der Waals surface area contributed by atoms with Gasteiger partial charge in [-0.15, -0.1) is 56.7 Å². The largest absolute Gasteiger partial charge is 0.354 e. The summed E-state index contributed by atoms with van der Waals surface area (Å²) in [5.74, 6) is 3.65. The summed E-state index contributed by atoms with van der Waals surface area (Å²) in [5.41, 5.74) is 24.7. The maximum absolute atomic E-state index is 2.93. The van der Waals surface area contributed by atoms with Crippen LogP contribution in [0.2, 0.25) is 0 Å². The summed E-state index contributed by atoms with van der Waals surface area (Å²) in [4.78, 5) is 17.9. The molecule has 6 fully saturated rings. The average Bonchev–Trinajstić information content (AvgIpc) is 1.46. The Bertz CT molecular complexity index is 5350. The van der Waals surface area contributed by atoms with Crippen LogP contribution in [-0.2, 0) is 48.7 Å². The monoisotopic (exact) mass is 1470 g/mol. The molecular formula is C92H107N7S5. The number of hydrogen-bond donors (Lipinski definition) is 0. The summed E-state index contributed by atoms with van der Waals surface area (Å²) < 4.78 is 14.4. The van der Waals surface area contributed by atoms with Crippen molar-refractivity contribution in [3.8, 4) is 0 Å². The lowest BCUT2D eigenvalue weighted by molar-refractivity contribution is -0.0588. The third kappa shape index (κ3) is 8.95. The first-order valence-electron chi connectivity index (χ1n) is 39.7. The van der Waals surface area contributed by atoms with Crippen molar-refractivity contribution in [2.45, 2.75) is 232 Å². The second-order valence-electron chi connectivity index (χ2n) is 35.2. The number of thiophene rings is 5. The van der Waals surface area contributed by atoms with Crippen LogP contribution in [0, 0.1) is 56.8 Å². The highest BCUT2D eigenvalue weighted by Crippen LogP contribution is 2.73. The van der Waals surface area contributed by atoms with Gasteiger partial charge in [0, 0.05) is 114 Å². The number of fused-ring (bicyclic) bond motifs is 18. The van der Waals surface area contributed by atoms with Gasteiger partial charge in [0.05, 0.1) is 81.7 Å². The number of aryl methyl sites for hydroxylation is 7. The Morgan fingerprint density at radius 3 is 1.27 bits per heavy atom. The van der Waals surface area contributed by atoms with E-state index in [9.17, 15) is 0 Å². The minimum Gasteiger partial charge on any atom is -0.354 e. The molecule has 4 aromatic carbocycles. The van der Waals surface area contributed by atoms with Gasteiger partial charge in [0.1, 0.15) is 0 Å². The molecule has 6 saturated carbocycles. The Morgan fingerprint density at radius 1 is 0.385 bits per heavy atom. The molecule has 104 heavy (non-hydrogen) atoms. The van der Waals surface area contributed by atoms with Crippen LogP contribution in [0.25, 0.3) is 40.0 Å². The van der Waals surface area contributed by atoms with Crippen LogP contribution in [0.15, 0.2) is 139 Å². The molecule has 8 aromatic heterocycles. The maximum Gasteiger partial charge on any atom is 0.0813 e. The van der Waals surface area contributed by atoms with Crippen LogP contribution in [0.5, 0.6) is 0 Å². The van der Waals surface area contributed by atoms with Gasteiger partial charge in [0.2, 0.25) is 0 Å². The Hall–Kier alpha value is -6.54. The van der Waals surface area contributed by atoms with E-state index in [0.29, 0.717) is 24.2 Å². The van der Waals surface area contributed by atoms with E-state index >= 15 is 0 Å². The van der Waals surface area contributed by atoms with Gasteiger partial charge in [-0.1, -0.05) is 133 Å². The van der Waals surface area contributed by atoms with Gasteiger partial charge >= 0.3 is 0 Å². The van der Waals surface area contributed by atoms with E-state index in [2.05, 4.69) is 306 Å². The topological polar surface area (TPSA) is 27.8 Å². The molecule has 5 aliphatic heterocycles. The molecule has 7 nitrogen and oxygen atoms in total. The minimum absolute atomic E-state index is 0.00771. The zero-order valence-corrected chi connectivity index (χ0v) is 68.6. The third-order valence-electron chi connectivity index (χ3n) is 29.8. The summed E-state index contributed by atoms with van der Waals surface area (Å²) in [5, 5.41) is 2.25. The highest BCUT2D eigenvalue weighted by atomic mass is 32.1. The summed E-state index contributed by atoms with van der Waals surface area (Å²) >= 11 is 10.2. The highest BCUT2D eigenvalue weighted by Gasteiger charge is 2.68. The molecule has 0 saturated heterocycles. The molecule has 6 aliphatic carbocycles. The molecule has 5 atom stereocenters. The van der Waals surface area contributed by atoms with Crippen molar-refractivity contribution < 1.29 is 0 Å². The molecule has 3 spiro atoms. The predicted octanol–water partition coefficient (Wildman–Crippen LogP) is 26.4. The van der Waals surface area contributed by atoms with E-state index < -0.39 is 0 Å². The highest BCUT2D eigenvalue weighted by molar-refractivity contribution is 7.27. The Balaban J connectivity index is 0.0000000957. The predicted molar refractivity (Wildman–Crippen MR) is 448 cm³/mol. The average molecular weight is 1470 g/mol. The number of hydrogen-bond acceptors (Lipinski definition) is 9. The maximum atomic E-state index is 2.93. The third-order valence-corrected chi connectivity index (χ3v) is 36.3. The molecular weight excluding hydrogens is 1360 g/mol. The van der Waals surface area contributed by atoms with Gasteiger partial charge in [-0.25, -0.2) is 0 Å². The van der Waals surface area contributed by atoms with Gasteiger partial charge in [0.15, 0.2) is 0 Å². The molecule has 0 radical (unpaired) electrons. The first kappa shape index (κ1) is 68.0. The van der Waals surface area contributed by atoms with E-state index in [0.717, 1.165) is 23.7 Å². The van der Waals surface area contributed by atoms with Crippen LogP contribution < -0.4 is 19.6 Å². The lowest BCUT2D eigenvalue weighted by Crippen LogP contribution is -2.62. The van der Waals surface area contributed by atoms with E-state index in [1.165, 1.54) is 181 Å². The van der Waals surface area contributed by atoms with Gasteiger partial charge < -0.3 is 33.3 Å². The number of anilines is 4.